The Labute approximate surface area is 174 Å². The lowest BCUT2D eigenvalue weighted by atomic mass is 9.73. The Morgan fingerprint density at radius 3 is 2.59 bits per heavy atom. The normalized spacial score (nSPS) is 25.6. The highest BCUT2D eigenvalue weighted by atomic mass is 16.5. The van der Waals surface area contributed by atoms with Gasteiger partial charge in [-0.25, -0.2) is 0 Å². The summed E-state index contributed by atoms with van der Waals surface area (Å²) in [6, 6.07) is 8.06. The van der Waals surface area contributed by atoms with Gasteiger partial charge in [-0.2, -0.15) is 0 Å². The van der Waals surface area contributed by atoms with Crippen LogP contribution >= 0.6 is 0 Å². The van der Waals surface area contributed by atoms with Gasteiger partial charge in [-0.05, 0) is 68.9 Å². The van der Waals surface area contributed by atoms with Crippen molar-refractivity contribution < 1.29 is 14.3 Å². The molecule has 2 amide bonds. The minimum Gasteiger partial charge on any atom is -0.481 e. The van der Waals surface area contributed by atoms with Crippen LogP contribution in [-0.2, 0) is 16.0 Å². The van der Waals surface area contributed by atoms with Crippen LogP contribution in [0.1, 0.15) is 63.9 Å². The van der Waals surface area contributed by atoms with E-state index in [1.165, 1.54) is 12.0 Å². The Bertz CT molecular complexity index is 735. The number of aryl methyl sites for hydroxylation is 1. The average Bonchev–Trinajstić information content (AvgIpc) is 2.69. The smallest absolute Gasteiger partial charge is 0.260 e. The van der Waals surface area contributed by atoms with Crippen molar-refractivity contribution in [2.24, 2.45) is 11.3 Å². The first-order chi connectivity index (χ1) is 14.1. The summed E-state index contributed by atoms with van der Waals surface area (Å²) in [5.41, 5.74) is 1.28. The molecular formula is C24H34N2O3. The molecular weight excluding hydrogens is 364 g/mol. The summed E-state index contributed by atoms with van der Waals surface area (Å²) in [6.07, 6.45) is 9.13. The molecule has 1 saturated heterocycles. The molecule has 5 nitrogen and oxygen atoms in total. The molecule has 29 heavy (non-hydrogen) atoms. The largest absolute Gasteiger partial charge is 0.481 e. The monoisotopic (exact) mass is 398 g/mol. The van der Waals surface area contributed by atoms with Crippen LogP contribution in [0.3, 0.4) is 0 Å². The fraction of sp³-hybridized carbons (Fsp3) is 0.667. The van der Waals surface area contributed by atoms with Crippen molar-refractivity contribution in [3.8, 4) is 5.75 Å². The van der Waals surface area contributed by atoms with Crippen molar-refractivity contribution in [1.29, 1.82) is 0 Å². The van der Waals surface area contributed by atoms with Crippen molar-refractivity contribution in [1.82, 2.24) is 10.2 Å². The minimum absolute atomic E-state index is 0.0484. The molecule has 2 aliphatic heterocycles. The van der Waals surface area contributed by atoms with Crippen LogP contribution in [0.25, 0.3) is 0 Å². The van der Waals surface area contributed by atoms with E-state index in [0.717, 1.165) is 70.2 Å². The van der Waals surface area contributed by atoms with E-state index < -0.39 is 6.10 Å². The molecule has 2 heterocycles. The zero-order chi connectivity index (χ0) is 20.3. The number of nitrogens with zero attached hydrogens (tertiary/aromatic N) is 1. The van der Waals surface area contributed by atoms with Crippen LogP contribution in [0.15, 0.2) is 24.3 Å². The van der Waals surface area contributed by atoms with E-state index in [2.05, 4.69) is 16.3 Å². The number of para-hydroxylation sites is 1. The number of fused-ring (bicyclic) bond motifs is 1. The van der Waals surface area contributed by atoms with Crippen LogP contribution in [0.5, 0.6) is 5.75 Å². The van der Waals surface area contributed by atoms with Gasteiger partial charge in [0.2, 0.25) is 5.91 Å². The van der Waals surface area contributed by atoms with Crippen LogP contribution < -0.4 is 10.1 Å². The summed E-state index contributed by atoms with van der Waals surface area (Å²) in [7, 11) is 0. The topological polar surface area (TPSA) is 58.6 Å². The molecule has 0 radical (unpaired) electrons. The zero-order valence-corrected chi connectivity index (χ0v) is 17.6. The molecule has 0 aromatic heterocycles. The maximum absolute atomic E-state index is 12.7. The van der Waals surface area contributed by atoms with Crippen molar-refractivity contribution in [2.45, 2.75) is 70.8 Å². The van der Waals surface area contributed by atoms with Gasteiger partial charge >= 0.3 is 0 Å². The first-order valence-electron chi connectivity index (χ1n) is 11.4. The molecule has 1 spiro atoms. The number of hydrogen-bond acceptors (Lipinski definition) is 3. The highest BCUT2D eigenvalue weighted by molar-refractivity contribution is 5.81. The van der Waals surface area contributed by atoms with E-state index in [4.69, 9.17) is 4.74 Å². The quantitative estimate of drug-likeness (QED) is 0.785. The number of hydrogen-bond donors (Lipinski definition) is 1. The first-order valence-corrected chi connectivity index (χ1v) is 11.4. The SMILES string of the molecule is C[C@H]1Oc2ccccc2CCCCC2(CCN(C(=O)C3CCC3)CC2)CNC1=O. The van der Waals surface area contributed by atoms with Gasteiger partial charge in [-0.1, -0.05) is 31.0 Å². The number of nitrogens with one attached hydrogen (secondary N) is 1. The molecule has 1 saturated carbocycles. The summed E-state index contributed by atoms with van der Waals surface area (Å²) >= 11 is 0. The van der Waals surface area contributed by atoms with Crippen LogP contribution in [0.2, 0.25) is 0 Å². The van der Waals surface area contributed by atoms with Gasteiger partial charge in [0.05, 0.1) is 0 Å². The molecule has 2 fully saturated rings. The van der Waals surface area contributed by atoms with Gasteiger partial charge in [0.15, 0.2) is 6.10 Å². The number of rotatable bonds is 1. The summed E-state index contributed by atoms with van der Waals surface area (Å²) in [6.45, 7) is 4.18. The standard InChI is InChI=1S/C24H34N2O3/c1-18-22(27)25-17-24(12-5-4-8-19-7-2-3-11-21(19)29-18)13-15-26(16-14-24)23(28)20-9-6-10-20/h2-3,7,11,18,20H,4-6,8-10,12-17H2,1H3,(H,25,27)/t18-/m1/s1. The molecule has 4 rings (SSSR count). The number of amides is 2. The van der Waals surface area contributed by atoms with Crippen LogP contribution in [0.4, 0.5) is 0 Å². The average molecular weight is 399 g/mol. The summed E-state index contributed by atoms with van der Waals surface area (Å²) in [5.74, 6) is 1.42. The Morgan fingerprint density at radius 2 is 1.86 bits per heavy atom. The maximum atomic E-state index is 12.7. The number of carbonyl (C=O) groups excluding carboxylic acids is 2. The van der Waals surface area contributed by atoms with Gasteiger partial charge in [0.25, 0.3) is 5.91 Å². The number of piperidine rings is 1. The molecule has 1 aromatic rings. The van der Waals surface area contributed by atoms with E-state index in [-0.39, 0.29) is 17.2 Å². The first kappa shape index (κ1) is 20.2. The van der Waals surface area contributed by atoms with E-state index in [9.17, 15) is 9.59 Å². The van der Waals surface area contributed by atoms with Crippen molar-refractivity contribution in [3.63, 3.8) is 0 Å². The third kappa shape index (κ3) is 4.59. The van der Waals surface area contributed by atoms with Crippen molar-refractivity contribution in [2.75, 3.05) is 19.6 Å². The Balaban J connectivity index is 1.42. The van der Waals surface area contributed by atoms with E-state index in [0.29, 0.717) is 12.5 Å². The summed E-state index contributed by atoms with van der Waals surface area (Å²) in [5, 5.41) is 3.16. The summed E-state index contributed by atoms with van der Waals surface area (Å²) < 4.78 is 5.99. The lowest BCUT2D eigenvalue weighted by Crippen LogP contribution is -2.51. The van der Waals surface area contributed by atoms with Gasteiger partial charge in [-0.3, -0.25) is 9.59 Å². The molecule has 158 valence electrons. The number of ether oxygens (including phenoxy) is 1. The third-order valence-corrected chi connectivity index (χ3v) is 7.28. The second-order valence-corrected chi connectivity index (χ2v) is 9.25. The van der Waals surface area contributed by atoms with Crippen molar-refractivity contribution in [3.05, 3.63) is 29.8 Å². The van der Waals surface area contributed by atoms with Gasteiger partial charge in [0.1, 0.15) is 5.75 Å². The molecule has 1 N–H and O–H groups in total. The number of likely N-dealkylation sites (tertiary alicyclic amines) is 1. The third-order valence-electron chi connectivity index (χ3n) is 7.28. The summed E-state index contributed by atoms with van der Waals surface area (Å²) in [4.78, 5) is 27.4. The Morgan fingerprint density at radius 1 is 1.10 bits per heavy atom. The molecule has 0 bridgehead atoms. The predicted molar refractivity (Wildman–Crippen MR) is 113 cm³/mol. The molecule has 1 aromatic carbocycles. The van der Waals surface area contributed by atoms with Crippen LogP contribution in [-0.4, -0.2) is 42.5 Å². The van der Waals surface area contributed by atoms with E-state index >= 15 is 0 Å². The molecule has 5 heteroatoms. The number of carbonyl (C=O) groups is 2. The highest BCUT2D eigenvalue weighted by Crippen LogP contribution is 2.38. The zero-order valence-electron chi connectivity index (χ0n) is 17.6. The fourth-order valence-electron chi connectivity index (χ4n) is 4.93. The number of benzene rings is 1. The molecule has 3 aliphatic rings. The lowest BCUT2D eigenvalue weighted by Gasteiger charge is -2.44. The van der Waals surface area contributed by atoms with Crippen molar-refractivity contribution >= 4 is 11.8 Å². The van der Waals surface area contributed by atoms with Gasteiger partial charge in [0, 0.05) is 25.6 Å². The van der Waals surface area contributed by atoms with Gasteiger partial charge in [-0.15, -0.1) is 0 Å². The van der Waals surface area contributed by atoms with E-state index in [1.54, 1.807) is 0 Å². The second-order valence-electron chi connectivity index (χ2n) is 9.25. The Kier molecular flexibility index (Phi) is 6.12. The fourth-order valence-corrected chi connectivity index (χ4v) is 4.93. The molecule has 0 unspecified atom stereocenters. The van der Waals surface area contributed by atoms with E-state index in [1.807, 2.05) is 25.1 Å². The minimum atomic E-state index is -0.507. The molecule has 1 atom stereocenters. The maximum Gasteiger partial charge on any atom is 0.260 e. The van der Waals surface area contributed by atoms with Crippen LogP contribution in [0, 0.1) is 11.3 Å². The van der Waals surface area contributed by atoms with Gasteiger partial charge < -0.3 is 15.0 Å². The second kappa shape index (κ2) is 8.76. The Hall–Kier alpha value is -2.04. The lowest BCUT2D eigenvalue weighted by molar-refractivity contribution is -0.141. The highest BCUT2D eigenvalue weighted by Gasteiger charge is 2.38. The predicted octanol–water partition coefficient (Wildman–Crippen LogP) is 3.71. The molecule has 1 aliphatic carbocycles.